The van der Waals surface area contributed by atoms with E-state index >= 15 is 0 Å². The first-order chi connectivity index (χ1) is 39.1. The van der Waals surface area contributed by atoms with Gasteiger partial charge < -0.3 is 18.6 Å². The lowest BCUT2D eigenvalue weighted by Crippen LogP contribution is -2.09. The van der Waals surface area contributed by atoms with Crippen molar-refractivity contribution in [1.82, 2.24) is 0 Å². The molecule has 0 fully saturated rings. The topological polar surface area (TPSA) is 32.8 Å². The van der Waals surface area contributed by atoms with Crippen LogP contribution < -0.4 is 9.80 Å². The Morgan fingerprint density at radius 1 is 0.190 bits per heavy atom. The Kier molecular flexibility index (Phi) is 9.11. The van der Waals surface area contributed by atoms with Gasteiger partial charge in [-0.25, -0.2) is 0 Å². The number of anilines is 6. The van der Waals surface area contributed by atoms with Crippen LogP contribution in [0.25, 0.3) is 137 Å². The number of fused-ring (bicyclic) bond motifs is 21. The van der Waals surface area contributed by atoms with Gasteiger partial charge in [-0.1, -0.05) is 103 Å². The van der Waals surface area contributed by atoms with Crippen molar-refractivity contribution < 1.29 is 8.83 Å². The fraction of sp³-hybridized carbons (Fsp3) is 0. The molecule has 0 aliphatic carbocycles. The van der Waals surface area contributed by atoms with Crippen LogP contribution in [0.1, 0.15) is 0 Å². The highest BCUT2D eigenvalue weighted by atomic mass is 32.1. The minimum atomic E-state index is 0.882. The van der Waals surface area contributed by atoms with Gasteiger partial charge in [-0.15, -0.1) is 34.0 Å². The Balaban J connectivity index is 0.826. The standard InChI is InChI=1S/C72H40N2O2S3/c1-2-12-48-47(11-1)54-33-41(73(42-22-28-65-57(34-42)50-13-3-7-17-63(50)75-65)44-24-30-69-59(36-44)52-15-5-9-19-67(52)77-69)21-27-49(54)56-40-72-62(39-55(48)56)61-38-46(26-32-71(61)79-72)74(43-23-29-66-58(35-43)51-14-4-8-18-64(51)76-66)45-25-31-70-60(37-45)53-16-6-10-20-68(53)78-70/h1-40H. The van der Waals surface area contributed by atoms with Crippen LogP contribution in [0.3, 0.4) is 0 Å². The number of nitrogens with zero attached hydrogens (tertiary/aromatic N) is 2. The number of hydrogen-bond donors (Lipinski definition) is 0. The first kappa shape index (κ1) is 43.6. The molecule has 7 heteroatoms. The summed E-state index contributed by atoms with van der Waals surface area (Å²) in [6, 6.07) is 89.4. The molecule has 0 aliphatic heterocycles. The normalized spacial score (nSPS) is 12.3. The molecule has 13 aromatic carbocycles. The smallest absolute Gasteiger partial charge is 0.135 e. The molecule has 0 bridgehead atoms. The van der Waals surface area contributed by atoms with Crippen molar-refractivity contribution in [2.75, 3.05) is 9.80 Å². The molecule has 0 saturated heterocycles. The van der Waals surface area contributed by atoms with Crippen LogP contribution >= 0.6 is 34.0 Å². The van der Waals surface area contributed by atoms with E-state index in [1.807, 2.05) is 46.1 Å². The quantitative estimate of drug-likeness (QED) is 0.155. The molecule has 18 rings (SSSR count). The van der Waals surface area contributed by atoms with Gasteiger partial charge in [0.25, 0.3) is 0 Å². The Labute approximate surface area is 463 Å². The van der Waals surface area contributed by atoms with E-state index in [-0.39, 0.29) is 0 Å². The zero-order valence-corrected chi connectivity index (χ0v) is 44.5. The highest BCUT2D eigenvalue weighted by Gasteiger charge is 2.22. The molecule has 5 aromatic heterocycles. The molecule has 0 N–H and O–H groups in total. The van der Waals surface area contributed by atoms with Gasteiger partial charge in [0, 0.05) is 116 Å². The Bertz CT molecular complexity index is 5390. The number of rotatable bonds is 6. The first-order valence-corrected chi connectivity index (χ1v) is 29.1. The van der Waals surface area contributed by atoms with Crippen molar-refractivity contribution in [3.05, 3.63) is 243 Å². The molecule has 0 aliphatic rings. The zero-order valence-electron chi connectivity index (χ0n) is 42.0. The second kappa shape index (κ2) is 16.5. The lowest BCUT2D eigenvalue weighted by Gasteiger charge is -2.26. The third-order valence-electron chi connectivity index (χ3n) is 16.4. The summed E-state index contributed by atoms with van der Waals surface area (Å²) in [7, 11) is 0. The number of hydrogen-bond acceptors (Lipinski definition) is 7. The molecule has 0 atom stereocenters. The molecular formula is C72H40N2O2S3. The van der Waals surface area contributed by atoms with E-state index < -0.39 is 0 Å². The molecule has 0 amide bonds. The molecule has 18 aromatic rings. The molecule has 0 saturated carbocycles. The van der Waals surface area contributed by atoms with Crippen LogP contribution in [0.4, 0.5) is 34.1 Å². The fourth-order valence-corrected chi connectivity index (χ4v) is 16.1. The van der Waals surface area contributed by atoms with Crippen molar-refractivity contribution in [3.8, 4) is 0 Å². The molecule has 79 heavy (non-hydrogen) atoms. The van der Waals surface area contributed by atoms with E-state index in [2.05, 4.69) is 240 Å². The average molecular weight is 1060 g/mol. The third-order valence-corrected chi connectivity index (χ3v) is 19.8. The Morgan fingerprint density at radius 3 is 1.00 bits per heavy atom. The Morgan fingerprint density at radius 2 is 0.494 bits per heavy atom. The van der Waals surface area contributed by atoms with E-state index in [9.17, 15) is 0 Å². The van der Waals surface area contributed by atoms with Crippen molar-refractivity contribution >= 4 is 205 Å². The van der Waals surface area contributed by atoms with Gasteiger partial charge in [-0.05, 0) is 172 Å². The van der Waals surface area contributed by atoms with Gasteiger partial charge in [0.05, 0.1) is 0 Å². The number of para-hydroxylation sites is 2. The number of thiophene rings is 3. The van der Waals surface area contributed by atoms with Gasteiger partial charge in [0.1, 0.15) is 22.3 Å². The van der Waals surface area contributed by atoms with E-state index in [4.69, 9.17) is 8.83 Å². The average Bonchev–Trinajstić information content (AvgIpc) is 4.53. The summed E-state index contributed by atoms with van der Waals surface area (Å²) in [5.41, 5.74) is 10.1. The molecule has 5 heterocycles. The highest BCUT2D eigenvalue weighted by Crippen LogP contribution is 2.49. The van der Waals surface area contributed by atoms with Crippen LogP contribution in [-0.4, -0.2) is 0 Å². The second-order valence-electron chi connectivity index (χ2n) is 20.7. The second-order valence-corrected chi connectivity index (χ2v) is 24.0. The zero-order chi connectivity index (χ0) is 51.4. The van der Waals surface area contributed by atoms with Crippen LogP contribution in [-0.2, 0) is 0 Å². The predicted molar refractivity (Wildman–Crippen MR) is 342 cm³/mol. The van der Waals surface area contributed by atoms with Gasteiger partial charge in [-0.2, -0.15) is 0 Å². The van der Waals surface area contributed by atoms with Crippen molar-refractivity contribution in [2.45, 2.75) is 0 Å². The molecular weight excluding hydrogens is 1020 g/mol. The summed E-state index contributed by atoms with van der Waals surface area (Å²) < 4.78 is 20.4. The Hall–Kier alpha value is -9.50. The molecule has 0 radical (unpaired) electrons. The maximum Gasteiger partial charge on any atom is 0.135 e. The summed E-state index contributed by atoms with van der Waals surface area (Å²) in [6.07, 6.45) is 0. The van der Waals surface area contributed by atoms with E-state index in [1.165, 1.54) is 92.8 Å². The third kappa shape index (κ3) is 6.52. The summed E-state index contributed by atoms with van der Waals surface area (Å²) >= 11 is 5.58. The van der Waals surface area contributed by atoms with Crippen LogP contribution in [0.2, 0.25) is 0 Å². The molecule has 368 valence electrons. The van der Waals surface area contributed by atoms with E-state index in [0.717, 1.165) is 78.0 Å². The lowest BCUT2D eigenvalue weighted by atomic mass is 9.92. The van der Waals surface area contributed by atoms with Crippen molar-refractivity contribution in [1.29, 1.82) is 0 Å². The maximum absolute atomic E-state index is 6.37. The predicted octanol–water partition coefficient (Wildman–Crippen LogP) is 23.0. The summed E-state index contributed by atoms with van der Waals surface area (Å²) in [5.74, 6) is 0. The van der Waals surface area contributed by atoms with E-state index in [0.29, 0.717) is 0 Å². The van der Waals surface area contributed by atoms with Crippen LogP contribution in [0, 0.1) is 0 Å². The lowest BCUT2D eigenvalue weighted by molar-refractivity contribution is 0.668. The SMILES string of the molecule is c1ccc2c(c1)oc1ccc(N(c3ccc4sc5ccccc5c4c3)c3ccc4sc5cc6c7ccc(N(c8ccc9oc%10ccccc%10c9c8)c8ccc9sc%10ccccc%10c9c8)cc7c7ccccc7c6cc5c4c3)cc12. The van der Waals surface area contributed by atoms with Crippen molar-refractivity contribution in [3.63, 3.8) is 0 Å². The van der Waals surface area contributed by atoms with Crippen LogP contribution in [0.5, 0.6) is 0 Å². The van der Waals surface area contributed by atoms with Gasteiger partial charge >= 0.3 is 0 Å². The summed E-state index contributed by atoms with van der Waals surface area (Å²) in [6.45, 7) is 0. The van der Waals surface area contributed by atoms with Crippen molar-refractivity contribution in [2.24, 2.45) is 0 Å². The largest absolute Gasteiger partial charge is 0.456 e. The molecule has 0 unspecified atom stereocenters. The summed E-state index contributed by atoms with van der Waals surface area (Å²) in [4.78, 5) is 4.86. The van der Waals surface area contributed by atoms with Gasteiger partial charge in [0.15, 0.2) is 0 Å². The summed E-state index contributed by atoms with van der Waals surface area (Å²) in [5, 5.41) is 19.5. The maximum atomic E-state index is 6.37. The number of furan rings is 2. The minimum Gasteiger partial charge on any atom is -0.456 e. The van der Waals surface area contributed by atoms with Crippen LogP contribution in [0.15, 0.2) is 251 Å². The number of benzene rings is 13. The monoisotopic (exact) mass is 1060 g/mol. The molecule has 4 nitrogen and oxygen atoms in total. The first-order valence-electron chi connectivity index (χ1n) is 26.6. The van der Waals surface area contributed by atoms with E-state index in [1.54, 1.807) is 0 Å². The minimum absolute atomic E-state index is 0.882. The highest BCUT2D eigenvalue weighted by molar-refractivity contribution is 7.26. The molecule has 0 spiro atoms. The fourth-order valence-electron chi connectivity index (χ4n) is 12.8. The van der Waals surface area contributed by atoms with Gasteiger partial charge in [-0.3, -0.25) is 0 Å². The van der Waals surface area contributed by atoms with Gasteiger partial charge in [0.2, 0.25) is 0 Å².